The van der Waals surface area contributed by atoms with Gasteiger partial charge in [0.15, 0.2) is 0 Å². The summed E-state index contributed by atoms with van der Waals surface area (Å²) >= 11 is 0. The van der Waals surface area contributed by atoms with Gasteiger partial charge in [-0.15, -0.1) is 0 Å². The molecular formula is C16H14O3. The summed E-state index contributed by atoms with van der Waals surface area (Å²) in [5.41, 5.74) is 2.31. The Kier molecular flexibility index (Phi) is 3.98. The number of benzene rings is 2. The molecule has 19 heavy (non-hydrogen) atoms. The Morgan fingerprint density at radius 2 is 1.89 bits per heavy atom. The van der Waals surface area contributed by atoms with Crippen molar-refractivity contribution < 1.29 is 14.6 Å². The van der Waals surface area contributed by atoms with E-state index in [1.165, 1.54) is 0 Å². The van der Waals surface area contributed by atoms with E-state index in [1.807, 2.05) is 36.4 Å². The van der Waals surface area contributed by atoms with E-state index in [2.05, 4.69) is 6.58 Å². The molecule has 0 aromatic heterocycles. The van der Waals surface area contributed by atoms with Gasteiger partial charge in [0.2, 0.25) is 0 Å². The molecule has 0 aliphatic heterocycles. The minimum Gasteiger partial charge on any atom is -0.507 e. The van der Waals surface area contributed by atoms with Crippen LogP contribution in [0.15, 0.2) is 61.2 Å². The monoisotopic (exact) mass is 254 g/mol. The van der Waals surface area contributed by atoms with Crippen LogP contribution in [0, 0.1) is 0 Å². The Balaban J connectivity index is 2.36. The fraction of sp³-hybridized carbons (Fsp3) is 0.0625. The average molecular weight is 254 g/mol. The number of phenolic OH excluding ortho intramolecular Hbond substituents is 1. The molecule has 0 spiro atoms. The maximum atomic E-state index is 11.1. The van der Waals surface area contributed by atoms with Crippen LogP contribution in [0.25, 0.3) is 11.1 Å². The topological polar surface area (TPSA) is 46.5 Å². The minimum absolute atomic E-state index is 0.101. The zero-order chi connectivity index (χ0) is 13.7. The highest BCUT2D eigenvalue weighted by Crippen LogP contribution is 2.32. The number of carbonyl (C=O) groups excluding carboxylic acids is 1. The number of ether oxygens (including phenoxy) is 1. The summed E-state index contributed by atoms with van der Waals surface area (Å²) in [6, 6.07) is 14.6. The van der Waals surface area contributed by atoms with Crippen molar-refractivity contribution in [3.63, 3.8) is 0 Å². The summed E-state index contributed by atoms with van der Waals surface area (Å²) in [5, 5.41) is 10.0. The summed E-state index contributed by atoms with van der Waals surface area (Å²) in [6.07, 6.45) is 1.12. The van der Waals surface area contributed by atoms with E-state index in [1.54, 1.807) is 12.1 Å². The molecule has 0 unspecified atom stereocenters. The zero-order valence-corrected chi connectivity index (χ0v) is 10.4. The molecule has 0 fully saturated rings. The Morgan fingerprint density at radius 1 is 1.16 bits per heavy atom. The van der Waals surface area contributed by atoms with E-state index in [-0.39, 0.29) is 12.4 Å². The lowest BCUT2D eigenvalue weighted by atomic mass is 9.99. The molecule has 0 aliphatic carbocycles. The second kappa shape index (κ2) is 5.87. The average Bonchev–Trinajstić information content (AvgIpc) is 2.45. The molecular weight excluding hydrogens is 240 g/mol. The lowest BCUT2D eigenvalue weighted by Crippen LogP contribution is -2.01. The summed E-state index contributed by atoms with van der Waals surface area (Å²) in [7, 11) is 0. The maximum absolute atomic E-state index is 11.1. The largest absolute Gasteiger partial charge is 0.507 e. The molecule has 0 bridgehead atoms. The first-order valence-corrected chi connectivity index (χ1v) is 5.88. The molecule has 0 saturated carbocycles. The molecule has 1 N–H and O–H groups in total. The third-order valence-electron chi connectivity index (χ3n) is 2.73. The van der Waals surface area contributed by atoms with Crippen LogP contribution in [0.4, 0.5) is 0 Å². The van der Waals surface area contributed by atoms with Crippen molar-refractivity contribution >= 4 is 5.97 Å². The number of hydrogen-bond donors (Lipinski definition) is 1. The van der Waals surface area contributed by atoms with Gasteiger partial charge in [0.1, 0.15) is 12.4 Å². The molecule has 2 rings (SSSR count). The van der Waals surface area contributed by atoms with Crippen LogP contribution in [0.2, 0.25) is 0 Å². The number of esters is 1. The van der Waals surface area contributed by atoms with Crippen LogP contribution in [-0.4, -0.2) is 11.1 Å². The van der Waals surface area contributed by atoms with E-state index in [9.17, 15) is 9.90 Å². The summed E-state index contributed by atoms with van der Waals surface area (Å²) in [6.45, 7) is 3.45. The van der Waals surface area contributed by atoms with Crippen LogP contribution in [0.3, 0.4) is 0 Å². The Morgan fingerprint density at radius 3 is 2.58 bits per heavy atom. The number of rotatable bonds is 4. The number of aromatic hydroxyl groups is 1. The van der Waals surface area contributed by atoms with Gasteiger partial charge in [-0.2, -0.15) is 0 Å². The van der Waals surface area contributed by atoms with Crippen LogP contribution >= 0.6 is 0 Å². The van der Waals surface area contributed by atoms with Crippen LogP contribution < -0.4 is 0 Å². The van der Waals surface area contributed by atoms with Gasteiger partial charge >= 0.3 is 5.97 Å². The fourth-order valence-corrected chi connectivity index (χ4v) is 1.85. The number of phenols is 1. The van der Waals surface area contributed by atoms with Gasteiger partial charge < -0.3 is 9.84 Å². The molecule has 2 aromatic rings. The van der Waals surface area contributed by atoms with Crippen molar-refractivity contribution in [3.05, 3.63) is 66.7 Å². The predicted molar refractivity (Wildman–Crippen MR) is 73.5 cm³/mol. The van der Waals surface area contributed by atoms with E-state index in [0.717, 1.165) is 17.2 Å². The van der Waals surface area contributed by atoms with Crippen LogP contribution in [0.1, 0.15) is 5.56 Å². The molecule has 0 radical (unpaired) electrons. The third kappa shape index (κ3) is 3.01. The molecule has 3 nitrogen and oxygen atoms in total. The summed E-state index contributed by atoms with van der Waals surface area (Å²) in [4.78, 5) is 11.1. The van der Waals surface area contributed by atoms with Gasteiger partial charge in [-0.3, -0.25) is 0 Å². The Bertz CT molecular complexity index is 588. The molecule has 0 heterocycles. The molecule has 0 atom stereocenters. The lowest BCUT2D eigenvalue weighted by Gasteiger charge is -2.11. The third-order valence-corrected chi connectivity index (χ3v) is 2.73. The predicted octanol–water partition coefficient (Wildman–Crippen LogP) is 3.29. The zero-order valence-electron chi connectivity index (χ0n) is 10.4. The van der Waals surface area contributed by atoms with Gasteiger partial charge in [-0.1, -0.05) is 49.0 Å². The highest BCUT2D eigenvalue weighted by atomic mass is 16.5. The molecule has 0 amide bonds. The Labute approximate surface area is 111 Å². The van der Waals surface area contributed by atoms with Crippen molar-refractivity contribution in [3.8, 4) is 16.9 Å². The van der Waals surface area contributed by atoms with E-state index >= 15 is 0 Å². The van der Waals surface area contributed by atoms with E-state index in [4.69, 9.17) is 4.74 Å². The molecule has 0 saturated heterocycles. The molecule has 3 heteroatoms. The van der Waals surface area contributed by atoms with Gasteiger partial charge in [0.05, 0.1) is 0 Å². The highest BCUT2D eigenvalue weighted by Gasteiger charge is 2.11. The standard InChI is InChI=1S/C16H14O3/c1-2-15(18)19-11-13-9-6-10-14(17)16(13)12-7-4-3-5-8-12/h2-10,17H,1,11H2. The fourth-order valence-electron chi connectivity index (χ4n) is 1.85. The van der Waals surface area contributed by atoms with E-state index < -0.39 is 5.97 Å². The van der Waals surface area contributed by atoms with Crippen molar-refractivity contribution in [1.29, 1.82) is 0 Å². The Hall–Kier alpha value is -2.55. The SMILES string of the molecule is C=CC(=O)OCc1cccc(O)c1-c1ccccc1. The van der Waals surface area contributed by atoms with Crippen molar-refractivity contribution in [1.82, 2.24) is 0 Å². The van der Waals surface area contributed by atoms with Gasteiger partial charge in [0.25, 0.3) is 0 Å². The highest BCUT2D eigenvalue weighted by molar-refractivity contribution is 5.81. The number of hydrogen-bond acceptors (Lipinski definition) is 3. The first-order chi connectivity index (χ1) is 9.22. The van der Waals surface area contributed by atoms with Gasteiger partial charge in [-0.25, -0.2) is 4.79 Å². The van der Waals surface area contributed by atoms with Crippen molar-refractivity contribution in [2.75, 3.05) is 0 Å². The second-order valence-electron chi connectivity index (χ2n) is 3.99. The van der Waals surface area contributed by atoms with E-state index in [0.29, 0.717) is 5.56 Å². The van der Waals surface area contributed by atoms with Crippen molar-refractivity contribution in [2.24, 2.45) is 0 Å². The smallest absolute Gasteiger partial charge is 0.330 e. The molecule has 2 aromatic carbocycles. The van der Waals surface area contributed by atoms with Crippen LogP contribution in [0.5, 0.6) is 5.75 Å². The molecule has 96 valence electrons. The van der Waals surface area contributed by atoms with Crippen molar-refractivity contribution in [2.45, 2.75) is 6.61 Å². The van der Waals surface area contributed by atoms with Gasteiger partial charge in [0, 0.05) is 17.2 Å². The quantitative estimate of drug-likeness (QED) is 0.672. The minimum atomic E-state index is -0.484. The molecule has 0 aliphatic rings. The first-order valence-electron chi connectivity index (χ1n) is 5.88. The van der Waals surface area contributed by atoms with Gasteiger partial charge in [-0.05, 0) is 11.6 Å². The summed E-state index contributed by atoms with van der Waals surface area (Å²) < 4.78 is 5.03. The normalized spacial score (nSPS) is 9.89. The maximum Gasteiger partial charge on any atom is 0.330 e. The van der Waals surface area contributed by atoms with Crippen LogP contribution in [-0.2, 0) is 16.1 Å². The summed E-state index contributed by atoms with van der Waals surface area (Å²) in [5.74, 6) is -0.319. The first kappa shape index (κ1) is 12.9. The lowest BCUT2D eigenvalue weighted by molar-refractivity contribution is -0.138. The second-order valence-corrected chi connectivity index (χ2v) is 3.99. The number of carbonyl (C=O) groups is 1.